The van der Waals surface area contributed by atoms with E-state index in [9.17, 15) is 9.59 Å². The van der Waals surface area contributed by atoms with Gasteiger partial charge in [-0.3, -0.25) is 9.89 Å². The van der Waals surface area contributed by atoms with Crippen molar-refractivity contribution in [2.24, 2.45) is 0 Å². The molecule has 2 aromatic heterocycles. The van der Waals surface area contributed by atoms with Gasteiger partial charge in [-0.15, -0.1) is 0 Å². The highest BCUT2D eigenvalue weighted by Gasteiger charge is 2.30. The molecular formula is C21H28N6O3. The number of rotatable bonds is 6. The standard InChI is InChI=1S/C21H28N6O3/c1-13(2)23-21(29)30-16-7-5-14(10-16)17-11-19(26-25-17)24-18-8-6-15(12-22-18)27-9-3-4-20(27)28/h6,8,11-14,16H,3-5,7,9-10H2,1-2H3,(H,23,29)(H2,22,24,25,26)/t14-,16+/m0/s1. The van der Waals surface area contributed by atoms with Crippen LogP contribution in [0.4, 0.5) is 22.1 Å². The number of pyridine rings is 1. The summed E-state index contributed by atoms with van der Waals surface area (Å²) in [5, 5.41) is 13.4. The molecule has 0 unspecified atom stereocenters. The minimum Gasteiger partial charge on any atom is -0.446 e. The van der Waals surface area contributed by atoms with Crippen molar-refractivity contribution in [2.45, 2.75) is 64.0 Å². The Hall–Kier alpha value is -3.10. The fourth-order valence-corrected chi connectivity index (χ4v) is 4.03. The number of H-pyrrole nitrogens is 1. The Kier molecular flexibility index (Phi) is 5.87. The number of anilines is 3. The van der Waals surface area contributed by atoms with Crippen molar-refractivity contribution in [3.8, 4) is 0 Å². The summed E-state index contributed by atoms with van der Waals surface area (Å²) in [6.45, 7) is 4.57. The highest BCUT2D eigenvalue weighted by Crippen LogP contribution is 2.36. The van der Waals surface area contributed by atoms with E-state index in [2.05, 4.69) is 25.8 Å². The summed E-state index contributed by atoms with van der Waals surface area (Å²) < 4.78 is 5.50. The van der Waals surface area contributed by atoms with E-state index >= 15 is 0 Å². The first kappa shape index (κ1) is 20.2. The molecule has 3 heterocycles. The second-order valence-electron chi connectivity index (χ2n) is 8.22. The summed E-state index contributed by atoms with van der Waals surface area (Å²) in [4.78, 5) is 29.8. The van der Waals surface area contributed by atoms with Gasteiger partial charge in [0.25, 0.3) is 0 Å². The van der Waals surface area contributed by atoms with E-state index in [1.54, 1.807) is 11.1 Å². The lowest BCUT2D eigenvalue weighted by Crippen LogP contribution is -2.33. The monoisotopic (exact) mass is 412 g/mol. The number of nitrogens with one attached hydrogen (secondary N) is 3. The van der Waals surface area contributed by atoms with E-state index in [-0.39, 0.29) is 30.1 Å². The van der Waals surface area contributed by atoms with Gasteiger partial charge in [0.05, 0.1) is 11.9 Å². The highest BCUT2D eigenvalue weighted by atomic mass is 16.6. The van der Waals surface area contributed by atoms with Gasteiger partial charge in [-0.2, -0.15) is 5.10 Å². The van der Waals surface area contributed by atoms with Crippen LogP contribution in [0.2, 0.25) is 0 Å². The molecule has 0 bridgehead atoms. The van der Waals surface area contributed by atoms with Crippen molar-refractivity contribution in [2.75, 3.05) is 16.8 Å². The van der Waals surface area contributed by atoms with Crippen molar-refractivity contribution in [3.63, 3.8) is 0 Å². The Bertz CT molecular complexity index is 894. The van der Waals surface area contributed by atoms with E-state index in [0.717, 1.165) is 43.6 Å². The molecule has 1 aliphatic carbocycles. The lowest BCUT2D eigenvalue weighted by atomic mass is 10.0. The molecule has 0 spiro atoms. The van der Waals surface area contributed by atoms with Crippen molar-refractivity contribution in [1.29, 1.82) is 0 Å². The molecule has 2 aliphatic rings. The normalized spacial score (nSPS) is 21.3. The molecule has 30 heavy (non-hydrogen) atoms. The van der Waals surface area contributed by atoms with Crippen molar-refractivity contribution >= 4 is 29.3 Å². The number of carbonyl (C=O) groups is 2. The van der Waals surface area contributed by atoms with E-state index in [4.69, 9.17) is 4.74 Å². The van der Waals surface area contributed by atoms with Gasteiger partial charge in [0.15, 0.2) is 5.82 Å². The van der Waals surface area contributed by atoms with E-state index in [1.807, 2.05) is 32.0 Å². The lowest BCUT2D eigenvalue weighted by molar-refractivity contribution is -0.117. The zero-order valence-corrected chi connectivity index (χ0v) is 17.4. The third-order valence-electron chi connectivity index (χ3n) is 5.49. The number of hydrogen-bond donors (Lipinski definition) is 3. The largest absolute Gasteiger partial charge is 0.446 e. The molecule has 9 nitrogen and oxygen atoms in total. The minimum absolute atomic E-state index is 0.0643. The fraction of sp³-hybridized carbons (Fsp3) is 0.524. The molecule has 1 aliphatic heterocycles. The third-order valence-corrected chi connectivity index (χ3v) is 5.49. The fourth-order valence-electron chi connectivity index (χ4n) is 4.03. The molecule has 0 aromatic carbocycles. The Labute approximate surface area is 175 Å². The van der Waals surface area contributed by atoms with Crippen LogP contribution in [0.15, 0.2) is 24.4 Å². The third kappa shape index (κ3) is 4.72. The van der Waals surface area contributed by atoms with Crippen LogP contribution in [0.3, 0.4) is 0 Å². The van der Waals surface area contributed by atoms with Crippen molar-refractivity contribution in [1.82, 2.24) is 20.5 Å². The molecule has 4 rings (SSSR count). The Morgan fingerprint density at radius 2 is 2.17 bits per heavy atom. The quantitative estimate of drug-likeness (QED) is 0.670. The zero-order chi connectivity index (χ0) is 21.1. The molecule has 1 saturated heterocycles. The average Bonchev–Trinajstić information content (AvgIpc) is 3.43. The molecule has 9 heteroatoms. The van der Waals surface area contributed by atoms with Gasteiger partial charge < -0.3 is 20.3 Å². The Morgan fingerprint density at radius 3 is 2.87 bits per heavy atom. The molecule has 0 radical (unpaired) electrons. The highest BCUT2D eigenvalue weighted by molar-refractivity contribution is 5.95. The van der Waals surface area contributed by atoms with Crippen LogP contribution in [0.25, 0.3) is 0 Å². The summed E-state index contributed by atoms with van der Waals surface area (Å²) in [5.41, 5.74) is 1.84. The smallest absolute Gasteiger partial charge is 0.407 e. The van der Waals surface area contributed by atoms with Crippen LogP contribution in [0, 0.1) is 0 Å². The minimum atomic E-state index is -0.354. The number of ether oxygens (including phenoxy) is 1. The summed E-state index contributed by atoms with van der Waals surface area (Å²) >= 11 is 0. The topological polar surface area (TPSA) is 112 Å². The van der Waals surface area contributed by atoms with Crippen LogP contribution in [-0.4, -0.2) is 45.9 Å². The first-order valence-corrected chi connectivity index (χ1v) is 10.5. The van der Waals surface area contributed by atoms with Gasteiger partial charge in [-0.1, -0.05) is 0 Å². The molecule has 2 amide bonds. The van der Waals surface area contributed by atoms with Gasteiger partial charge >= 0.3 is 6.09 Å². The van der Waals surface area contributed by atoms with Gasteiger partial charge in [-0.25, -0.2) is 9.78 Å². The van der Waals surface area contributed by atoms with Crippen LogP contribution in [0.1, 0.15) is 57.6 Å². The predicted octanol–water partition coefficient (Wildman–Crippen LogP) is 3.45. The van der Waals surface area contributed by atoms with Crippen molar-refractivity contribution < 1.29 is 14.3 Å². The summed E-state index contributed by atoms with van der Waals surface area (Å²) in [7, 11) is 0. The molecule has 1 saturated carbocycles. The number of amides is 2. The van der Waals surface area contributed by atoms with Gasteiger partial charge in [0.1, 0.15) is 11.9 Å². The number of hydrogen-bond acceptors (Lipinski definition) is 6. The van der Waals surface area contributed by atoms with Crippen LogP contribution in [-0.2, 0) is 9.53 Å². The van der Waals surface area contributed by atoms with E-state index in [1.165, 1.54) is 0 Å². The maximum Gasteiger partial charge on any atom is 0.407 e. The maximum absolute atomic E-state index is 11.8. The Balaban J connectivity index is 1.31. The second kappa shape index (κ2) is 8.73. The molecule has 2 fully saturated rings. The van der Waals surface area contributed by atoms with Crippen LogP contribution in [0.5, 0.6) is 0 Å². The molecule has 2 aromatic rings. The van der Waals surface area contributed by atoms with Crippen LogP contribution >= 0.6 is 0 Å². The van der Waals surface area contributed by atoms with E-state index in [0.29, 0.717) is 18.1 Å². The SMILES string of the molecule is CC(C)NC(=O)O[C@@H]1CC[C@H](c2cc(Nc3ccc(N4CCCC4=O)cn3)n[nH]2)C1. The number of carbonyl (C=O) groups excluding carboxylic acids is 2. The lowest BCUT2D eigenvalue weighted by Gasteiger charge is -2.15. The van der Waals surface area contributed by atoms with Crippen LogP contribution < -0.4 is 15.5 Å². The number of alkyl carbamates (subject to hydrolysis) is 1. The number of nitrogens with zero attached hydrogens (tertiary/aromatic N) is 3. The first-order chi connectivity index (χ1) is 14.5. The van der Waals surface area contributed by atoms with Gasteiger partial charge in [0, 0.05) is 36.7 Å². The second-order valence-corrected chi connectivity index (χ2v) is 8.22. The summed E-state index contributed by atoms with van der Waals surface area (Å²) in [5.74, 6) is 1.78. The first-order valence-electron chi connectivity index (χ1n) is 10.5. The molecular weight excluding hydrogens is 384 g/mol. The van der Waals surface area contributed by atoms with E-state index < -0.39 is 0 Å². The molecule has 3 N–H and O–H groups in total. The predicted molar refractivity (Wildman–Crippen MR) is 113 cm³/mol. The molecule has 160 valence electrons. The summed E-state index contributed by atoms with van der Waals surface area (Å²) in [6.07, 6.45) is 5.35. The van der Waals surface area contributed by atoms with Gasteiger partial charge in [-0.05, 0) is 51.7 Å². The summed E-state index contributed by atoms with van der Waals surface area (Å²) in [6, 6.07) is 5.78. The maximum atomic E-state index is 11.8. The molecule has 2 atom stereocenters. The zero-order valence-electron chi connectivity index (χ0n) is 17.4. The average molecular weight is 412 g/mol. The number of aromatic nitrogens is 3. The van der Waals surface area contributed by atoms with Crippen molar-refractivity contribution in [3.05, 3.63) is 30.1 Å². The number of aromatic amines is 1. The van der Waals surface area contributed by atoms with Gasteiger partial charge in [0.2, 0.25) is 5.91 Å². The Morgan fingerprint density at radius 1 is 1.30 bits per heavy atom.